The topological polar surface area (TPSA) is 64.0 Å². The van der Waals surface area contributed by atoms with Crippen LogP contribution in [0.3, 0.4) is 0 Å². The van der Waals surface area contributed by atoms with Crippen molar-refractivity contribution >= 4 is 33.1 Å². The van der Waals surface area contributed by atoms with E-state index in [-0.39, 0.29) is 22.9 Å². The third kappa shape index (κ3) is 3.32. The fourth-order valence-corrected chi connectivity index (χ4v) is 4.80. The molecule has 0 saturated heterocycles. The molecule has 1 amide bonds. The first-order valence-electron chi connectivity index (χ1n) is 9.22. The number of hydrogen-bond acceptors (Lipinski definition) is 4. The van der Waals surface area contributed by atoms with Gasteiger partial charge in [-0.1, -0.05) is 19.3 Å². The highest BCUT2D eigenvalue weighted by Crippen LogP contribution is 2.31. The Labute approximate surface area is 164 Å². The molecule has 1 aliphatic rings. The smallest absolute Gasteiger partial charge is 0.271 e. The summed E-state index contributed by atoms with van der Waals surface area (Å²) < 4.78 is 29.3. The summed E-state index contributed by atoms with van der Waals surface area (Å²) in [6.07, 6.45) is 6.76. The number of anilines is 1. The zero-order valence-corrected chi connectivity index (χ0v) is 16.1. The number of carbonyl (C=O) groups excluding carboxylic acids is 1. The van der Waals surface area contributed by atoms with Gasteiger partial charge in [0.25, 0.3) is 11.5 Å². The third-order valence-corrected chi connectivity index (χ3v) is 6.25. The van der Waals surface area contributed by atoms with Crippen molar-refractivity contribution in [1.82, 2.24) is 9.55 Å². The molecule has 3 aromatic rings. The fraction of sp³-hybridized carbons (Fsp3) is 0.350. The first-order chi connectivity index (χ1) is 13.5. The van der Waals surface area contributed by atoms with Crippen LogP contribution in [0.15, 0.2) is 29.3 Å². The molecule has 0 unspecified atom stereocenters. The molecule has 1 N–H and O–H groups in total. The predicted molar refractivity (Wildman–Crippen MR) is 105 cm³/mol. The normalized spacial score (nSPS) is 15.1. The molecular formula is C20H19F2N3O2S. The van der Waals surface area contributed by atoms with Gasteiger partial charge in [-0.3, -0.25) is 14.2 Å². The highest BCUT2D eigenvalue weighted by molar-refractivity contribution is 7.19. The van der Waals surface area contributed by atoms with Gasteiger partial charge in [0.15, 0.2) is 0 Å². The molecule has 2 heterocycles. The standard InChI is InChI=1S/C20H19F2N3O2S/c1-11-16(19(26)24-15-9-12(21)7-8-14(15)22)17-18(28-11)20(27)25(10-23-17)13-5-3-2-4-6-13/h7-10,13H,2-6H2,1H3,(H,24,26). The summed E-state index contributed by atoms with van der Waals surface area (Å²) in [7, 11) is 0. The monoisotopic (exact) mass is 403 g/mol. The van der Waals surface area contributed by atoms with Gasteiger partial charge in [0, 0.05) is 17.0 Å². The number of nitrogens with one attached hydrogen (secondary N) is 1. The van der Waals surface area contributed by atoms with Crippen LogP contribution in [0.4, 0.5) is 14.5 Å². The van der Waals surface area contributed by atoms with Crippen molar-refractivity contribution in [1.29, 1.82) is 0 Å². The number of rotatable bonds is 3. The van der Waals surface area contributed by atoms with Crippen molar-refractivity contribution in [2.75, 3.05) is 5.32 Å². The van der Waals surface area contributed by atoms with Crippen molar-refractivity contribution in [2.45, 2.75) is 45.1 Å². The predicted octanol–water partition coefficient (Wildman–Crippen LogP) is 4.80. The van der Waals surface area contributed by atoms with E-state index in [1.807, 2.05) is 0 Å². The Hall–Kier alpha value is -2.61. The minimum atomic E-state index is -0.737. The molecule has 146 valence electrons. The summed E-state index contributed by atoms with van der Waals surface area (Å²) in [5.41, 5.74) is 0.116. The van der Waals surface area contributed by atoms with Crippen LogP contribution in [0.1, 0.15) is 53.4 Å². The zero-order valence-electron chi connectivity index (χ0n) is 15.3. The number of aromatic nitrogens is 2. The van der Waals surface area contributed by atoms with Gasteiger partial charge in [-0.15, -0.1) is 11.3 Å². The van der Waals surface area contributed by atoms with Crippen molar-refractivity contribution in [3.63, 3.8) is 0 Å². The van der Waals surface area contributed by atoms with E-state index >= 15 is 0 Å². The molecule has 28 heavy (non-hydrogen) atoms. The molecule has 0 spiro atoms. The summed E-state index contributed by atoms with van der Waals surface area (Å²) in [5, 5.41) is 2.39. The van der Waals surface area contributed by atoms with Crippen molar-refractivity contribution in [3.05, 3.63) is 57.0 Å². The maximum Gasteiger partial charge on any atom is 0.271 e. The molecule has 5 nitrogen and oxygen atoms in total. The van der Waals surface area contributed by atoms with Crippen LogP contribution < -0.4 is 10.9 Å². The van der Waals surface area contributed by atoms with Crippen molar-refractivity contribution in [3.8, 4) is 0 Å². The minimum Gasteiger partial charge on any atom is -0.319 e. The Balaban J connectivity index is 1.72. The van der Waals surface area contributed by atoms with E-state index in [0.29, 0.717) is 15.1 Å². The van der Waals surface area contributed by atoms with E-state index in [0.717, 1.165) is 43.9 Å². The maximum absolute atomic E-state index is 13.9. The average Bonchev–Trinajstić information content (AvgIpc) is 3.03. The van der Waals surface area contributed by atoms with Gasteiger partial charge in [0.2, 0.25) is 0 Å². The Morgan fingerprint density at radius 1 is 1.25 bits per heavy atom. The Morgan fingerprint density at radius 3 is 2.75 bits per heavy atom. The number of benzene rings is 1. The maximum atomic E-state index is 13.9. The summed E-state index contributed by atoms with van der Waals surface area (Å²) in [5.74, 6) is -2.01. The number of hydrogen-bond donors (Lipinski definition) is 1. The van der Waals surface area contributed by atoms with Gasteiger partial charge in [-0.25, -0.2) is 13.8 Å². The molecular weight excluding hydrogens is 384 g/mol. The second-order valence-corrected chi connectivity index (χ2v) is 8.26. The Kier molecular flexibility index (Phi) is 4.97. The van der Waals surface area contributed by atoms with Gasteiger partial charge in [0.1, 0.15) is 21.9 Å². The molecule has 0 aliphatic heterocycles. The van der Waals surface area contributed by atoms with Crippen LogP contribution in [-0.4, -0.2) is 15.5 Å². The quantitative estimate of drug-likeness (QED) is 0.683. The second-order valence-electron chi connectivity index (χ2n) is 7.04. The average molecular weight is 403 g/mol. The molecule has 8 heteroatoms. The van der Waals surface area contributed by atoms with E-state index < -0.39 is 17.5 Å². The zero-order chi connectivity index (χ0) is 19.8. The molecule has 0 bridgehead atoms. The molecule has 1 saturated carbocycles. The number of halogens is 2. The highest BCUT2D eigenvalue weighted by Gasteiger charge is 2.24. The molecule has 4 rings (SSSR count). The van der Waals surface area contributed by atoms with Crippen LogP contribution in [0, 0.1) is 18.6 Å². The van der Waals surface area contributed by atoms with Crippen molar-refractivity contribution in [2.24, 2.45) is 0 Å². The lowest BCUT2D eigenvalue weighted by Crippen LogP contribution is -2.26. The lowest BCUT2D eigenvalue weighted by molar-refractivity contribution is 0.102. The van der Waals surface area contributed by atoms with E-state index in [4.69, 9.17) is 0 Å². The summed E-state index contributed by atoms with van der Waals surface area (Å²) in [6.45, 7) is 1.72. The van der Waals surface area contributed by atoms with Gasteiger partial charge < -0.3 is 5.32 Å². The molecule has 0 atom stereocenters. The molecule has 1 aliphatic carbocycles. The molecule has 0 radical (unpaired) electrons. The van der Waals surface area contributed by atoms with Crippen LogP contribution in [0.25, 0.3) is 10.2 Å². The Morgan fingerprint density at radius 2 is 2.00 bits per heavy atom. The number of carbonyl (C=O) groups is 1. The number of nitrogens with zero attached hydrogens (tertiary/aromatic N) is 2. The SMILES string of the molecule is Cc1sc2c(=O)n(C3CCCCC3)cnc2c1C(=O)Nc1cc(F)ccc1F. The summed E-state index contributed by atoms with van der Waals surface area (Å²) >= 11 is 1.21. The van der Waals surface area contributed by atoms with Gasteiger partial charge in [-0.2, -0.15) is 0 Å². The fourth-order valence-electron chi connectivity index (χ4n) is 3.76. The van der Waals surface area contributed by atoms with E-state index in [2.05, 4.69) is 10.3 Å². The van der Waals surface area contributed by atoms with Crippen LogP contribution >= 0.6 is 11.3 Å². The number of amides is 1. The first-order valence-corrected chi connectivity index (χ1v) is 10.0. The van der Waals surface area contributed by atoms with Gasteiger partial charge in [-0.05, 0) is 31.9 Å². The van der Waals surface area contributed by atoms with Crippen molar-refractivity contribution < 1.29 is 13.6 Å². The van der Waals surface area contributed by atoms with Crippen LogP contribution in [-0.2, 0) is 0 Å². The third-order valence-electron chi connectivity index (χ3n) is 5.17. The van der Waals surface area contributed by atoms with E-state index in [9.17, 15) is 18.4 Å². The summed E-state index contributed by atoms with van der Waals surface area (Å²) in [4.78, 5) is 30.7. The number of fused-ring (bicyclic) bond motifs is 1. The highest BCUT2D eigenvalue weighted by atomic mass is 32.1. The minimum absolute atomic E-state index is 0.138. The molecule has 1 aromatic carbocycles. The molecule has 2 aromatic heterocycles. The Bertz CT molecular complexity index is 1120. The van der Waals surface area contributed by atoms with E-state index in [1.54, 1.807) is 11.5 Å². The lowest BCUT2D eigenvalue weighted by atomic mass is 9.95. The second kappa shape index (κ2) is 7.43. The number of thiophene rings is 1. The van der Waals surface area contributed by atoms with Gasteiger partial charge >= 0.3 is 0 Å². The number of aryl methyl sites for hydroxylation is 1. The van der Waals surface area contributed by atoms with E-state index in [1.165, 1.54) is 24.1 Å². The largest absolute Gasteiger partial charge is 0.319 e. The lowest BCUT2D eigenvalue weighted by Gasteiger charge is -2.23. The van der Waals surface area contributed by atoms with Crippen LogP contribution in [0.5, 0.6) is 0 Å². The summed E-state index contributed by atoms with van der Waals surface area (Å²) in [6, 6.07) is 2.98. The molecule has 1 fully saturated rings. The van der Waals surface area contributed by atoms with Gasteiger partial charge in [0.05, 0.1) is 17.6 Å². The van der Waals surface area contributed by atoms with Crippen LogP contribution in [0.2, 0.25) is 0 Å². The first kappa shape index (κ1) is 18.7.